The van der Waals surface area contributed by atoms with Gasteiger partial charge in [0, 0.05) is 17.9 Å². The molecular formula is C18H22N4OS. The van der Waals surface area contributed by atoms with Gasteiger partial charge in [0.1, 0.15) is 5.75 Å². The van der Waals surface area contributed by atoms with Gasteiger partial charge < -0.3 is 4.74 Å². The molecule has 2 atom stereocenters. The van der Waals surface area contributed by atoms with Gasteiger partial charge in [-0.15, -0.1) is 10.2 Å². The van der Waals surface area contributed by atoms with E-state index >= 15 is 0 Å². The van der Waals surface area contributed by atoms with E-state index in [1.54, 1.807) is 11.8 Å². The smallest absolute Gasteiger partial charge is 0.212 e. The van der Waals surface area contributed by atoms with Crippen LogP contribution in [0.1, 0.15) is 56.5 Å². The van der Waals surface area contributed by atoms with Crippen molar-refractivity contribution in [1.29, 1.82) is 0 Å². The van der Waals surface area contributed by atoms with Crippen molar-refractivity contribution < 1.29 is 4.74 Å². The van der Waals surface area contributed by atoms with Gasteiger partial charge >= 0.3 is 0 Å². The second kappa shape index (κ2) is 6.24. The van der Waals surface area contributed by atoms with Crippen molar-refractivity contribution in [1.82, 2.24) is 14.9 Å². The lowest BCUT2D eigenvalue weighted by Crippen LogP contribution is -2.23. The Kier molecular flexibility index (Phi) is 4.08. The average Bonchev–Trinajstić information content (AvgIpc) is 3.15. The fourth-order valence-corrected chi connectivity index (χ4v) is 4.84. The number of nitrogens with zero attached hydrogens (tertiary/aromatic N) is 4. The third-order valence-electron chi connectivity index (χ3n) is 4.68. The number of hydrogen-bond acceptors (Lipinski definition) is 5. The van der Waals surface area contributed by atoms with Gasteiger partial charge in [-0.05, 0) is 30.5 Å². The van der Waals surface area contributed by atoms with Gasteiger partial charge in [-0.1, -0.05) is 38.6 Å². The van der Waals surface area contributed by atoms with Crippen molar-refractivity contribution in [2.45, 2.75) is 56.4 Å². The molecule has 24 heavy (non-hydrogen) atoms. The van der Waals surface area contributed by atoms with Gasteiger partial charge in [-0.2, -0.15) is 9.78 Å². The second-order valence-corrected chi connectivity index (χ2v) is 7.31. The largest absolute Gasteiger partial charge is 0.494 e. The molecule has 2 heterocycles. The number of aromatic nitrogens is 3. The normalized spacial score (nSPS) is 21.0. The molecule has 1 aliphatic carbocycles. The maximum absolute atomic E-state index is 5.84. The quantitative estimate of drug-likeness (QED) is 0.828. The molecule has 1 aliphatic heterocycles. The molecule has 2 unspecified atom stereocenters. The first-order valence-electron chi connectivity index (χ1n) is 8.73. The molecule has 0 spiro atoms. The molecule has 1 aromatic carbocycles. The number of thioether (sulfide) groups is 1. The molecule has 0 fully saturated rings. The first kappa shape index (κ1) is 15.7. The zero-order chi connectivity index (χ0) is 16.7. The first-order chi connectivity index (χ1) is 11.8. The molecule has 2 aromatic rings. The van der Waals surface area contributed by atoms with Crippen LogP contribution < -0.4 is 4.74 Å². The highest BCUT2D eigenvalue weighted by atomic mass is 32.2. The van der Waals surface area contributed by atoms with Crippen LogP contribution in [0.2, 0.25) is 0 Å². The number of rotatable bonds is 5. The molecule has 0 radical (unpaired) electrons. The van der Waals surface area contributed by atoms with Crippen LogP contribution in [0.3, 0.4) is 0 Å². The van der Waals surface area contributed by atoms with Gasteiger partial charge in [0.05, 0.1) is 17.6 Å². The van der Waals surface area contributed by atoms with E-state index in [9.17, 15) is 0 Å². The van der Waals surface area contributed by atoms with E-state index in [-0.39, 0.29) is 0 Å². The zero-order valence-electron chi connectivity index (χ0n) is 14.3. The SMILES string of the molecule is CCCOc1ccc2c(c1)C1=Nn3c(CC)nnc3SC1C2CC. The molecule has 126 valence electrons. The minimum atomic E-state index is 0.327. The van der Waals surface area contributed by atoms with Crippen molar-refractivity contribution in [3.8, 4) is 5.75 Å². The van der Waals surface area contributed by atoms with Crippen LogP contribution in [0.4, 0.5) is 0 Å². The van der Waals surface area contributed by atoms with Crippen LogP contribution in [-0.4, -0.2) is 32.4 Å². The van der Waals surface area contributed by atoms with Crippen molar-refractivity contribution >= 4 is 17.5 Å². The summed E-state index contributed by atoms with van der Waals surface area (Å²) in [4.78, 5) is 0. The Morgan fingerprint density at radius 1 is 1.21 bits per heavy atom. The lowest BCUT2D eigenvalue weighted by molar-refractivity contribution is 0.317. The Morgan fingerprint density at radius 2 is 2.08 bits per heavy atom. The number of benzene rings is 1. The lowest BCUT2D eigenvalue weighted by Gasteiger charge is -2.21. The molecule has 2 aliphatic rings. The number of aryl methyl sites for hydroxylation is 1. The summed E-state index contributed by atoms with van der Waals surface area (Å²) >= 11 is 1.79. The van der Waals surface area contributed by atoms with Crippen LogP contribution in [0.15, 0.2) is 28.5 Å². The van der Waals surface area contributed by atoms with Crippen molar-refractivity contribution in [3.05, 3.63) is 35.2 Å². The molecule has 5 nitrogen and oxygen atoms in total. The van der Waals surface area contributed by atoms with Gasteiger partial charge in [0.15, 0.2) is 5.82 Å². The van der Waals surface area contributed by atoms with E-state index < -0.39 is 0 Å². The van der Waals surface area contributed by atoms with E-state index in [2.05, 4.69) is 49.2 Å². The first-order valence-corrected chi connectivity index (χ1v) is 9.61. The summed E-state index contributed by atoms with van der Waals surface area (Å²) in [5, 5.41) is 14.8. The molecule has 0 bridgehead atoms. The maximum Gasteiger partial charge on any atom is 0.212 e. The van der Waals surface area contributed by atoms with E-state index in [1.807, 2.05) is 4.68 Å². The monoisotopic (exact) mass is 342 g/mol. The standard InChI is InChI=1S/C18H22N4OS/c1-4-9-23-11-7-8-13-12(5-2)17-16(14(13)10-11)21-22-15(6-3)19-20-18(22)24-17/h7-8,10,12,17H,4-6,9H2,1-3H3. The maximum atomic E-state index is 5.84. The summed E-state index contributed by atoms with van der Waals surface area (Å²) in [7, 11) is 0. The fraction of sp³-hybridized carbons (Fsp3) is 0.500. The third kappa shape index (κ3) is 2.35. The van der Waals surface area contributed by atoms with Gasteiger partial charge in [0.2, 0.25) is 5.16 Å². The Balaban J connectivity index is 1.80. The van der Waals surface area contributed by atoms with Crippen molar-refractivity contribution in [3.63, 3.8) is 0 Å². The molecule has 0 saturated carbocycles. The van der Waals surface area contributed by atoms with Crippen LogP contribution in [0.5, 0.6) is 5.75 Å². The molecule has 1 aromatic heterocycles. The minimum Gasteiger partial charge on any atom is -0.494 e. The van der Waals surface area contributed by atoms with Crippen LogP contribution in [0, 0.1) is 0 Å². The Labute approximate surface area is 146 Å². The minimum absolute atomic E-state index is 0.327. The molecule has 0 saturated heterocycles. The number of ether oxygens (including phenoxy) is 1. The highest BCUT2D eigenvalue weighted by molar-refractivity contribution is 8.00. The van der Waals surface area contributed by atoms with Crippen LogP contribution in [0.25, 0.3) is 0 Å². The molecule has 0 N–H and O–H groups in total. The summed E-state index contributed by atoms with van der Waals surface area (Å²) in [5.74, 6) is 2.33. The molecule has 4 rings (SSSR count). The molecular weight excluding hydrogens is 320 g/mol. The molecule has 0 amide bonds. The highest BCUT2D eigenvalue weighted by Crippen LogP contribution is 2.47. The van der Waals surface area contributed by atoms with Crippen molar-refractivity contribution in [2.75, 3.05) is 6.61 Å². The Bertz CT molecular complexity index is 798. The molecule has 6 heteroatoms. The Morgan fingerprint density at radius 3 is 2.83 bits per heavy atom. The second-order valence-electron chi connectivity index (χ2n) is 6.20. The topological polar surface area (TPSA) is 52.3 Å². The summed E-state index contributed by atoms with van der Waals surface area (Å²) in [5.41, 5.74) is 3.76. The predicted octanol–water partition coefficient (Wildman–Crippen LogP) is 3.86. The van der Waals surface area contributed by atoms with E-state index in [4.69, 9.17) is 9.84 Å². The summed E-state index contributed by atoms with van der Waals surface area (Å²) in [6, 6.07) is 6.48. The van der Waals surface area contributed by atoms with Crippen LogP contribution >= 0.6 is 11.8 Å². The number of fused-ring (bicyclic) bond motifs is 4. The zero-order valence-corrected chi connectivity index (χ0v) is 15.1. The summed E-state index contributed by atoms with van der Waals surface area (Å²) < 4.78 is 7.75. The summed E-state index contributed by atoms with van der Waals surface area (Å²) in [6.07, 6.45) is 2.93. The number of hydrogen-bond donors (Lipinski definition) is 0. The average molecular weight is 342 g/mol. The van der Waals surface area contributed by atoms with Gasteiger partial charge in [-0.3, -0.25) is 0 Å². The highest BCUT2D eigenvalue weighted by Gasteiger charge is 2.41. The van der Waals surface area contributed by atoms with Crippen LogP contribution in [-0.2, 0) is 6.42 Å². The summed E-state index contributed by atoms with van der Waals surface area (Å²) in [6.45, 7) is 7.20. The van der Waals surface area contributed by atoms with E-state index in [1.165, 1.54) is 11.1 Å². The van der Waals surface area contributed by atoms with E-state index in [0.29, 0.717) is 11.2 Å². The third-order valence-corrected chi connectivity index (χ3v) is 5.95. The predicted molar refractivity (Wildman–Crippen MR) is 96.2 cm³/mol. The fourth-order valence-electron chi connectivity index (χ4n) is 3.49. The Hall–Kier alpha value is -1.82. The van der Waals surface area contributed by atoms with Crippen molar-refractivity contribution in [2.24, 2.45) is 5.10 Å². The van der Waals surface area contributed by atoms with E-state index in [0.717, 1.165) is 48.3 Å². The van der Waals surface area contributed by atoms with Gasteiger partial charge in [-0.25, -0.2) is 0 Å². The lowest BCUT2D eigenvalue weighted by atomic mass is 9.98. The van der Waals surface area contributed by atoms with Gasteiger partial charge in [0.25, 0.3) is 0 Å².